The largest absolute Gasteiger partial charge is 0.478 e. The summed E-state index contributed by atoms with van der Waals surface area (Å²) in [5.41, 5.74) is 1.35. The summed E-state index contributed by atoms with van der Waals surface area (Å²) in [5.74, 6) is -0.354. The smallest absolute Gasteiger partial charge is 0.337 e. The van der Waals surface area contributed by atoms with E-state index in [-0.39, 0.29) is 5.56 Å². The average Bonchev–Trinajstić information content (AvgIpc) is 2.85. The Morgan fingerprint density at radius 2 is 2.15 bits per heavy atom. The Morgan fingerprint density at radius 3 is 2.62 bits per heavy atom. The van der Waals surface area contributed by atoms with E-state index in [0.29, 0.717) is 10.9 Å². The summed E-state index contributed by atoms with van der Waals surface area (Å²) in [7, 11) is 0. The van der Waals surface area contributed by atoms with Crippen LogP contribution < -0.4 is 0 Å². The molecule has 0 radical (unpaired) electrons. The number of benzene rings is 1. The summed E-state index contributed by atoms with van der Waals surface area (Å²) < 4.78 is 0. The molecule has 1 fully saturated rings. The summed E-state index contributed by atoms with van der Waals surface area (Å²) in [5, 5.41) is 9.07. The van der Waals surface area contributed by atoms with E-state index in [4.69, 9.17) is 16.7 Å². The van der Waals surface area contributed by atoms with Crippen molar-refractivity contribution in [1.29, 1.82) is 0 Å². The maximum atomic E-state index is 10.6. The number of halogens is 1. The van der Waals surface area contributed by atoms with Gasteiger partial charge in [-0.25, -0.2) is 4.79 Å². The summed E-state index contributed by atoms with van der Waals surface area (Å²) in [6.45, 7) is 0. The molecule has 1 saturated carbocycles. The fourth-order valence-corrected chi connectivity index (χ4v) is 1.65. The molecule has 13 heavy (non-hydrogen) atoms. The highest BCUT2D eigenvalue weighted by molar-refractivity contribution is 6.33. The molecule has 0 spiro atoms. The van der Waals surface area contributed by atoms with Gasteiger partial charge in [-0.05, 0) is 36.5 Å². The maximum absolute atomic E-state index is 10.6. The minimum atomic E-state index is -0.965. The summed E-state index contributed by atoms with van der Waals surface area (Å²) in [6.07, 6.45) is 2.39. The fraction of sp³-hybridized carbons (Fsp3) is 0.300. The first-order valence-corrected chi connectivity index (χ1v) is 4.59. The number of hydrogen-bond acceptors (Lipinski definition) is 1. The van der Waals surface area contributed by atoms with Crippen LogP contribution >= 0.6 is 11.6 Å². The molecule has 0 aromatic heterocycles. The zero-order valence-electron chi connectivity index (χ0n) is 6.96. The summed E-state index contributed by atoms with van der Waals surface area (Å²) >= 11 is 5.82. The lowest BCUT2D eigenvalue weighted by Gasteiger charge is -2.01. The lowest BCUT2D eigenvalue weighted by molar-refractivity contribution is 0.0697. The van der Waals surface area contributed by atoms with Crippen molar-refractivity contribution in [2.75, 3.05) is 0 Å². The number of carbonyl (C=O) groups is 1. The van der Waals surface area contributed by atoms with E-state index in [2.05, 4.69) is 0 Å². The van der Waals surface area contributed by atoms with Gasteiger partial charge in [-0.1, -0.05) is 17.7 Å². The van der Waals surface area contributed by atoms with E-state index in [1.54, 1.807) is 12.1 Å². The van der Waals surface area contributed by atoms with Gasteiger partial charge < -0.3 is 5.11 Å². The van der Waals surface area contributed by atoms with Gasteiger partial charge in [0.05, 0.1) is 10.6 Å². The van der Waals surface area contributed by atoms with Gasteiger partial charge in [0.2, 0.25) is 0 Å². The van der Waals surface area contributed by atoms with Crippen molar-refractivity contribution in [3.05, 3.63) is 34.3 Å². The zero-order valence-corrected chi connectivity index (χ0v) is 7.71. The molecule has 2 nitrogen and oxygen atoms in total. The Kier molecular flexibility index (Phi) is 2.00. The highest BCUT2D eigenvalue weighted by Gasteiger charge is 2.24. The van der Waals surface area contributed by atoms with Gasteiger partial charge in [-0.3, -0.25) is 0 Å². The minimum Gasteiger partial charge on any atom is -0.478 e. The minimum absolute atomic E-state index is 0.186. The van der Waals surface area contributed by atoms with Crippen LogP contribution in [0.25, 0.3) is 0 Å². The average molecular weight is 197 g/mol. The van der Waals surface area contributed by atoms with Gasteiger partial charge in [0, 0.05) is 0 Å². The molecule has 2 rings (SSSR count). The van der Waals surface area contributed by atoms with Gasteiger partial charge in [0.25, 0.3) is 0 Å². The molecule has 1 aromatic carbocycles. The third kappa shape index (κ3) is 1.68. The lowest BCUT2D eigenvalue weighted by atomic mass is 10.1. The first kappa shape index (κ1) is 8.57. The molecule has 0 amide bonds. The first-order chi connectivity index (χ1) is 6.18. The van der Waals surface area contributed by atoms with E-state index < -0.39 is 5.97 Å². The standard InChI is InChI=1S/C10H9ClO2/c11-9-5-7(6-1-2-6)3-4-8(9)10(12)13/h3-6H,1-2H2,(H,12,13). The second kappa shape index (κ2) is 3.04. The van der Waals surface area contributed by atoms with Crippen LogP contribution in [0.1, 0.15) is 34.7 Å². The summed E-state index contributed by atoms with van der Waals surface area (Å²) in [6, 6.07) is 5.20. The molecule has 68 valence electrons. The molecular formula is C10H9ClO2. The van der Waals surface area contributed by atoms with Crippen molar-refractivity contribution in [3.63, 3.8) is 0 Å². The van der Waals surface area contributed by atoms with Crippen molar-refractivity contribution in [3.8, 4) is 0 Å². The third-order valence-electron chi connectivity index (χ3n) is 2.27. The molecule has 3 heteroatoms. The first-order valence-electron chi connectivity index (χ1n) is 4.21. The van der Waals surface area contributed by atoms with E-state index in [9.17, 15) is 4.79 Å². The van der Waals surface area contributed by atoms with Gasteiger partial charge in [-0.15, -0.1) is 0 Å². The van der Waals surface area contributed by atoms with Gasteiger partial charge >= 0.3 is 5.97 Å². The molecule has 1 aliphatic rings. The predicted octanol–water partition coefficient (Wildman–Crippen LogP) is 2.92. The number of carboxylic acid groups (broad SMARTS) is 1. The normalized spacial score (nSPS) is 15.8. The van der Waals surface area contributed by atoms with Crippen molar-refractivity contribution in [2.45, 2.75) is 18.8 Å². The number of carboxylic acids is 1. The molecule has 1 N–H and O–H groups in total. The molecule has 0 unspecified atom stereocenters. The van der Waals surface area contributed by atoms with Crippen LogP contribution in [0.2, 0.25) is 5.02 Å². The fourth-order valence-electron chi connectivity index (χ4n) is 1.38. The van der Waals surface area contributed by atoms with Crippen LogP contribution in [-0.2, 0) is 0 Å². The van der Waals surface area contributed by atoms with Crippen LogP contribution in [0.3, 0.4) is 0 Å². The van der Waals surface area contributed by atoms with E-state index in [1.165, 1.54) is 12.8 Å². The second-order valence-corrected chi connectivity index (χ2v) is 3.73. The molecule has 0 atom stereocenters. The summed E-state index contributed by atoms with van der Waals surface area (Å²) in [4.78, 5) is 10.6. The Hall–Kier alpha value is -1.02. The molecule has 0 bridgehead atoms. The van der Waals surface area contributed by atoms with E-state index in [0.717, 1.165) is 5.56 Å². The van der Waals surface area contributed by atoms with Gasteiger partial charge in [0.15, 0.2) is 0 Å². The van der Waals surface area contributed by atoms with Crippen LogP contribution in [0.15, 0.2) is 18.2 Å². The molecule has 0 heterocycles. The zero-order chi connectivity index (χ0) is 9.42. The Morgan fingerprint density at radius 1 is 1.46 bits per heavy atom. The Bertz CT molecular complexity index is 356. The predicted molar refractivity (Wildman–Crippen MR) is 50.4 cm³/mol. The lowest BCUT2D eigenvalue weighted by Crippen LogP contribution is -1.97. The van der Waals surface area contributed by atoms with Gasteiger partial charge in [-0.2, -0.15) is 0 Å². The molecule has 0 aliphatic heterocycles. The van der Waals surface area contributed by atoms with E-state index >= 15 is 0 Å². The van der Waals surface area contributed by atoms with Crippen molar-refractivity contribution in [1.82, 2.24) is 0 Å². The number of aromatic carboxylic acids is 1. The topological polar surface area (TPSA) is 37.3 Å². The van der Waals surface area contributed by atoms with Crippen molar-refractivity contribution < 1.29 is 9.90 Å². The second-order valence-electron chi connectivity index (χ2n) is 3.32. The number of rotatable bonds is 2. The van der Waals surface area contributed by atoms with Crippen LogP contribution in [0.5, 0.6) is 0 Å². The van der Waals surface area contributed by atoms with E-state index in [1.807, 2.05) is 6.07 Å². The monoisotopic (exact) mass is 196 g/mol. The Balaban J connectivity index is 2.36. The molecule has 0 saturated heterocycles. The van der Waals surface area contributed by atoms with Crippen LogP contribution in [0.4, 0.5) is 0 Å². The maximum Gasteiger partial charge on any atom is 0.337 e. The third-order valence-corrected chi connectivity index (χ3v) is 2.59. The molecule has 1 aliphatic carbocycles. The SMILES string of the molecule is O=C(O)c1ccc(C2CC2)cc1Cl. The van der Waals surface area contributed by atoms with Crippen molar-refractivity contribution >= 4 is 17.6 Å². The highest BCUT2D eigenvalue weighted by atomic mass is 35.5. The van der Waals surface area contributed by atoms with Crippen LogP contribution in [-0.4, -0.2) is 11.1 Å². The molecular weight excluding hydrogens is 188 g/mol. The highest BCUT2D eigenvalue weighted by Crippen LogP contribution is 2.41. The quantitative estimate of drug-likeness (QED) is 0.790. The Labute approximate surface area is 81.1 Å². The van der Waals surface area contributed by atoms with Gasteiger partial charge in [0.1, 0.15) is 0 Å². The molecule has 1 aromatic rings. The van der Waals surface area contributed by atoms with Crippen molar-refractivity contribution in [2.24, 2.45) is 0 Å². The number of hydrogen-bond donors (Lipinski definition) is 1. The van der Waals surface area contributed by atoms with Crippen LogP contribution in [0, 0.1) is 0 Å².